The topological polar surface area (TPSA) is 124 Å². The van der Waals surface area contributed by atoms with Crippen LogP contribution < -0.4 is 26.7 Å². The minimum absolute atomic E-state index is 0. The van der Waals surface area contributed by atoms with Crippen LogP contribution in [0.1, 0.15) is 48.5 Å². The van der Waals surface area contributed by atoms with E-state index >= 15 is 0 Å². The van der Waals surface area contributed by atoms with E-state index in [0.29, 0.717) is 43.1 Å². The van der Waals surface area contributed by atoms with Gasteiger partial charge in [0, 0.05) is 62.7 Å². The molecule has 2 aromatic heterocycles. The Morgan fingerprint density at radius 3 is 2.16 bits per heavy atom. The van der Waals surface area contributed by atoms with E-state index in [0.717, 1.165) is 61.5 Å². The number of aryl methyl sites for hydroxylation is 1. The molecule has 0 aliphatic carbocycles. The van der Waals surface area contributed by atoms with E-state index in [9.17, 15) is 14.4 Å². The van der Waals surface area contributed by atoms with Crippen LogP contribution in [0, 0.1) is 0 Å². The number of nitrogens with zero attached hydrogens (tertiary/aromatic N) is 4. The molecule has 2 aliphatic heterocycles. The van der Waals surface area contributed by atoms with Crippen molar-refractivity contribution in [3.63, 3.8) is 0 Å². The second-order valence-electron chi connectivity index (χ2n) is 12.6. The van der Waals surface area contributed by atoms with E-state index in [2.05, 4.69) is 40.6 Å². The Labute approximate surface area is 293 Å². The number of halogens is 1. The molecule has 2 aromatic carbocycles. The van der Waals surface area contributed by atoms with Crippen molar-refractivity contribution >= 4 is 46.8 Å². The Balaban J connectivity index is 0.00000468. The largest absolute Gasteiger partial charge is 0.369 e. The average molecular weight is 687 g/mol. The maximum Gasteiger partial charge on any atom is 0.319 e. The maximum absolute atomic E-state index is 14.1. The first-order chi connectivity index (χ1) is 23.5. The SMILES string of the molecule is CCn1c(NCCN2CCCC2)c(C(=O)NCCN2CCCC2)c(=O)c2ccc(-c3ccc(NC(=O)NCc4cccnc4)cc3)cc21.Cl. The fourth-order valence-electron chi connectivity index (χ4n) is 6.71. The summed E-state index contributed by atoms with van der Waals surface area (Å²) in [6.07, 6.45) is 8.22. The number of amides is 3. The van der Waals surface area contributed by atoms with E-state index in [1.165, 1.54) is 25.7 Å². The van der Waals surface area contributed by atoms with Gasteiger partial charge in [-0.05, 0) is 106 Å². The number of aromatic nitrogens is 2. The summed E-state index contributed by atoms with van der Waals surface area (Å²) >= 11 is 0. The number of urea groups is 1. The van der Waals surface area contributed by atoms with E-state index in [1.807, 2.05) is 61.5 Å². The summed E-state index contributed by atoms with van der Waals surface area (Å²) in [5, 5.41) is 12.8. The highest BCUT2D eigenvalue weighted by Gasteiger charge is 2.23. The van der Waals surface area contributed by atoms with Crippen molar-refractivity contribution in [3.05, 3.63) is 88.3 Å². The van der Waals surface area contributed by atoms with Gasteiger partial charge in [-0.1, -0.05) is 24.3 Å². The molecular formula is C37H47ClN8O3. The van der Waals surface area contributed by atoms with Crippen LogP contribution in [0.15, 0.2) is 71.8 Å². The number of hydrogen-bond donors (Lipinski definition) is 4. The van der Waals surface area contributed by atoms with Gasteiger partial charge in [0.25, 0.3) is 5.91 Å². The predicted octanol–water partition coefficient (Wildman–Crippen LogP) is 5.16. The van der Waals surface area contributed by atoms with E-state index in [-0.39, 0.29) is 35.3 Å². The molecule has 2 aliphatic rings. The van der Waals surface area contributed by atoms with Crippen molar-refractivity contribution in [2.24, 2.45) is 0 Å². The average Bonchev–Trinajstić information content (AvgIpc) is 3.83. The van der Waals surface area contributed by atoms with Crippen molar-refractivity contribution in [3.8, 4) is 11.1 Å². The first kappa shape index (κ1) is 35.8. The summed E-state index contributed by atoms with van der Waals surface area (Å²) in [4.78, 5) is 49.0. The molecule has 0 bridgehead atoms. The molecule has 4 aromatic rings. The van der Waals surface area contributed by atoms with Crippen molar-refractivity contribution in [1.29, 1.82) is 0 Å². The minimum atomic E-state index is -0.330. The summed E-state index contributed by atoms with van der Waals surface area (Å²) in [5.74, 6) is 0.241. The smallest absolute Gasteiger partial charge is 0.319 e. The number of anilines is 2. The van der Waals surface area contributed by atoms with Crippen LogP contribution in [0.5, 0.6) is 0 Å². The molecule has 6 rings (SSSR count). The Bertz CT molecular complexity index is 1770. The van der Waals surface area contributed by atoms with Crippen molar-refractivity contribution in [1.82, 2.24) is 30.0 Å². The number of rotatable bonds is 13. The third kappa shape index (κ3) is 8.97. The van der Waals surface area contributed by atoms with E-state index in [4.69, 9.17) is 0 Å². The monoisotopic (exact) mass is 686 g/mol. The fraction of sp³-hybridized carbons (Fsp3) is 0.405. The van der Waals surface area contributed by atoms with Crippen molar-refractivity contribution in [2.45, 2.75) is 45.7 Å². The highest BCUT2D eigenvalue weighted by molar-refractivity contribution is 6.03. The van der Waals surface area contributed by atoms with Gasteiger partial charge in [-0.3, -0.25) is 14.6 Å². The molecule has 0 atom stereocenters. The molecule has 12 heteroatoms. The van der Waals surface area contributed by atoms with Gasteiger partial charge >= 0.3 is 6.03 Å². The third-order valence-corrected chi connectivity index (χ3v) is 9.29. The van der Waals surface area contributed by atoms with Crippen molar-refractivity contribution < 1.29 is 9.59 Å². The highest BCUT2D eigenvalue weighted by atomic mass is 35.5. The Kier molecular flexibility index (Phi) is 12.6. The van der Waals surface area contributed by atoms with Gasteiger partial charge in [0.2, 0.25) is 5.43 Å². The summed E-state index contributed by atoms with van der Waals surface area (Å²) in [7, 11) is 0. The fourth-order valence-corrected chi connectivity index (χ4v) is 6.71. The van der Waals surface area contributed by atoms with Gasteiger partial charge in [-0.25, -0.2) is 4.79 Å². The summed E-state index contributed by atoms with van der Waals surface area (Å²) < 4.78 is 2.06. The number of carbonyl (C=O) groups excluding carboxylic acids is 2. The summed E-state index contributed by atoms with van der Waals surface area (Å²) in [6, 6.07) is 16.8. The molecule has 260 valence electrons. The van der Waals surface area contributed by atoms with E-state index in [1.54, 1.807) is 12.4 Å². The Morgan fingerprint density at radius 2 is 1.51 bits per heavy atom. The van der Waals surface area contributed by atoms with Crippen LogP contribution in [-0.2, 0) is 13.1 Å². The number of carbonyl (C=O) groups is 2. The first-order valence-corrected chi connectivity index (χ1v) is 17.2. The van der Waals surface area contributed by atoms with Gasteiger partial charge in [0.05, 0.1) is 5.52 Å². The molecule has 49 heavy (non-hydrogen) atoms. The standard InChI is InChI=1S/C37H46N8O3.ClH/c1-2-45-32-24-29(28-9-12-30(13-10-28)42-37(48)41-26-27-8-7-15-38-25-27)11-14-31(32)34(46)33(35(45)39-16-22-43-18-3-4-19-43)36(47)40-17-23-44-20-5-6-21-44;/h7-15,24-25,39H,2-6,16-23,26H2,1H3,(H,40,47)(H2,41,42,48);1H. The highest BCUT2D eigenvalue weighted by Crippen LogP contribution is 2.28. The second kappa shape index (κ2) is 17.3. The molecule has 0 saturated carbocycles. The molecule has 2 saturated heterocycles. The lowest BCUT2D eigenvalue weighted by Crippen LogP contribution is -2.37. The normalized spacial score (nSPS) is 14.8. The minimum Gasteiger partial charge on any atom is -0.369 e. The molecule has 0 unspecified atom stereocenters. The number of pyridine rings is 2. The maximum atomic E-state index is 14.1. The zero-order valence-electron chi connectivity index (χ0n) is 28.2. The van der Waals surface area contributed by atoms with Crippen molar-refractivity contribution in [2.75, 3.05) is 63.0 Å². The number of nitrogens with one attached hydrogen (secondary N) is 4. The van der Waals surface area contributed by atoms with Gasteiger partial charge in [0.15, 0.2) is 0 Å². The quantitative estimate of drug-likeness (QED) is 0.153. The molecule has 2 fully saturated rings. The molecule has 3 amide bonds. The van der Waals surface area contributed by atoms with Gasteiger partial charge in [-0.2, -0.15) is 0 Å². The predicted molar refractivity (Wildman–Crippen MR) is 199 cm³/mol. The molecular weight excluding hydrogens is 640 g/mol. The van der Waals surface area contributed by atoms with Gasteiger partial charge < -0.3 is 35.6 Å². The third-order valence-electron chi connectivity index (χ3n) is 9.29. The van der Waals surface area contributed by atoms with Gasteiger partial charge in [-0.15, -0.1) is 12.4 Å². The molecule has 11 nitrogen and oxygen atoms in total. The lowest BCUT2D eigenvalue weighted by molar-refractivity contribution is 0.0949. The lowest BCUT2D eigenvalue weighted by Gasteiger charge is -2.22. The number of benzene rings is 2. The zero-order valence-corrected chi connectivity index (χ0v) is 29.0. The first-order valence-electron chi connectivity index (χ1n) is 17.2. The van der Waals surface area contributed by atoms with Gasteiger partial charge in [0.1, 0.15) is 11.4 Å². The lowest BCUT2D eigenvalue weighted by atomic mass is 10.0. The van der Waals surface area contributed by atoms with E-state index < -0.39 is 0 Å². The van der Waals surface area contributed by atoms with Crippen LogP contribution in [0.25, 0.3) is 22.0 Å². The molecule has 4 N–H and O–H groups in total. The molecule has 0 spiro atoms. The van der Waals surface area contributed by atoms with Crippen LogP contribution >= 0.6 is 12.4 Å². The summed E-state index contributed by atoms with van der Waals surface area (Å²) in [6.45, 7) is 10.1. The second-order valence-corrected chi connectivity index (χ2v) is 12.6. The van der Waals surface area contributed by atoms with Crippen LogP contribution in [0.4, 0.5) is 16.3 Å². The summed E-state index contributed by atoms with van der Waals surface area (Å²) in [5.41, 5.74) is 4.15. The van der Waals surface area contributed by atoms with Crippen LogP contribution in [0.2, 0.25) is 0 Å². The number of fused-ring (bicyclic) bond motifs is 1. The molecule has 0 radical (unpaired) electrons. The van der Waals surface area contributed by atoms with Crippen LogP contribution in [0.3, 0.4) is 0 Å². The Hall–Kier alpha value is -4.45. The number of hydrogen-bond acceptors (Lipinski definition) is 7. The number of likely N-dealkylation sites (tertiary alicyclic amines) is 2. The van der Waals surface area contributed by atoms with Crippen LogP contribution in [-0.4, -0.2) is 83.6 Å². The molecule has 4 heterocycles. The zero-order chi connectivity index (χ0) is 33.3. The Morgan fingerprint density at radius 1 is 0.837 bits per heavy atom.